The van der Waals surface area contributed by atoms with Crippen molar-refractivity contribution in [3.63, 3.8) is 0 Å². The van der Waals surface area contributed by atoms with Crippen molar-refractivity contribution in [2.75, 3.05) is 0 Å². The summed E-state index contributed by atoms with van der Waals surface area (Å²) in [5.41, 5.74) is 6.57. The molecule has 0 spiro atoms. The van der Waals surface area contributed by atoms with E-state index in [4.69, 9.17) is 10.9 Å². The van der Waals surface area contributed by atoms with Crippen LogP contribution in [-0.4, -0.2) is 23.0 Å². The number of hydrogen-bond donors (Lipinski definition) is 3. The van der Waals surface area contributed by atoms with Crippen LogP contribution in [0.2, 0.25) is 0 Å². The van der Waals surface area contributed by atoms with Crippen molar-refractivity contribution in [1.82, 2.24) is 5.32 Å². The predicted molar refractivity (Wildman–Crippen MR) is 68.7 cm³/mol. The average molecular weight is 255 g/mol. The molecule has 1 unspecified atom stereocenters. The summed E-state index contributed by atoms with van der Waals surface area (Å²) in [5.74, 6) is -0.171. The normalized spacial score (nSPS) is 13.5. The maximum absolute atomic E-state index is 11.9. The van der Waals surface area contributed by atoms with Crippen LogP contribution >= 0.6 is 11.3 Å². The second-order valence-electron chi connectivity index (χ2n) is 3.81. The average Bonchev–Trinajstić information content (AvgIpc) is 2.65. The molecule has 0 bridgehead atoms. The number of carbonyl (C=O) groups excluding carboxylic acids is 1. The van der Waals surface area contributed by atoms with Gasteiger partial charge in [0, 0.05) is 4.88 Å². The van der Waals surface area contributed by atoms with Gasteiger partial charge < -0.3 is 16.3 Å². The Balaban J connectivity index is 2.78. The molecule has 1 aromatic rings. The molecule has 1 heterocycles. The van der Waals surface area contributed by atoms with Crippen molar-refractivity contribution in [3.05, 3.63) is 21.4 Å². The van der Waals surface area contributed by atoms with E-state index in [1.165, 1.54) is 11.3 Å². The van der Waals surface area contributed by atoms with Crippen LogP contribution < -0.4 is 11.1 Å². The first-order valence-corrected chi connectivity index (χ1v) is 6.16. The van der Waals surface area contributed by atoms with Crippen LogP contribution in [0.4, 0.5) is 0 Å². The van der Waals surface area contributed by atoms with Gasteiger partial charge in [0.15, 0.2) is 5.84 Å². The first-order valence-electron chi connectivity index (χ1n) is 5.34. The highest BCUT2D eigenvalue weighted by atomic mass is 32.1. The van der Waals surface area contributed by atoms with E-state index < -0.39 is 6.04 Å². The van der Waals surface area contributed by atoms with E-state index >= 15 is 0 Å². The predicted octanol–water partition coefficient (Wildman–Crippen LogP) is 1.62. The Hall–Kier alpha value is -1.56. The third-order valence-electron chi connectivity index (χ3n) is 2.58. The van der Waals surface area contributed by atoms with E-state index in [1.54, 1.807) is 0 Å². The summed E-state index contributed by atoms with van der Waals surface area (Å²) in [6.07, 6.45) is 0.574. The smallest absolute Gasteiger partial charge is 0.261 e. The number of nitrogens with zero attached hydrogens (tertiary/aromatic N) is 1. The number of nitrogens with one attached hydrogen (secondary N) is 1. The standard InChI is InChI=1S/C11H17N3O2S/c1-4-8(10(12)14-16)13-11(15)9-5-6(2)7(3)17-9/h5,8,16H,4H2,1-3H3,(H2,12,14)(H,13,15). The fourth-order valence-corrected chi connectivity index (χ4v) is 2.31. The summed E-state index contributed by atoms with van der Waals surface area (Å²) < 4.78 is 0. The van der Waals surface area contributed by atoms with E-state index in [0.29, 0.717) is 11.3 Å². The highest BCUT2D eigenvalue weighted by Gasteiger charge is 2.17. The molecular weight excluding hydrogens is 238 g/mol. The number of hydrogen-bond acceptors (Lipinski definition) is 4. The molecular formula is C11H17N3O2S. The Kier molecular flexibility index (Phi) is 4.51. The molecule has 17 heavy (non-hydrogen) atoms. The minimum atomic E-state index is -0.435. The lowest BCUT2D eigenvalue weighted by Crippen LogP contribution is -2.43. The molecule has 0 saturated carbocycles. The Morgan fingerprint density at radius 1 is 1.65 bits per heavy atom. The lowest BCUT2D eigenvalue weighted by molar-refractivity contribution is 0.0949. The number of oxime groups is 1. The molecule has 0 fully saturated rings. The molecule has 0 aliphatic rings. The number of amidine groups is 1. The van der Waals surface area contributed by atoms with E-state index in [-0.39, 0.29) is 11.7 Å². The highest BCUT2D eigenvalue weighted by molar-refractivity contribution is 7.14. The number of thiophene rings is 1. The molecule has 0 aliphatic carbocycles. The van der Waals surface area contributed by atoms with E-state index in [9.17, 15) is 4.79 Å². The lowest BCUT2D eigenvalue weighted by Gasteiger charge is -2.14. The quantitative estimate of drug-likeness (QED) is 0.330. The minimum absolute atomic E-state index is 0.0193. The molecule has 0 aromatic carbocycles. The Morgan fingerprint density at radius 2 is 2.29 bits per heavy atom. The van der Waals surface area contributed by atoms with E-state index in [1.807, 2.05) is 26.8 Å². The van der Waals surface area contributed by atoms with Crippen molar-refractivity contribution in [3.8, 4) is 0 Å². The van der Waals surface area contributed by atoms with Gasteiger partial charge in [-0.05, 0) is 31.9 Å². The van der Waals surface area contributed by atoms with Gasteiger partial charge in [-0.2, -0.15) is 0 Å². The lowest BCUT2D eigenvalue weighted by atomic mass is 10.2. The Morgan fingerprint density at radius 3 is 2.71 bits per heavy atom. The summed E-state index contributed by atoms with van der Waals surface area (Å²) in [6, 6.07) is 1.41. The fourth-order valence-electron chi connectivity index (χ4n) is 1.37. The highest BCUT2D eigenvalue weighted by Crippen LogP contribution is 2.20. The number of rotatable bonds is 4. The molecule has 5 nitrogen and oxygen atoms in total. The van der Waals surface area contributed by atoms with Gasteiger partial charge in [0.1, 0.15) is 0 Å². The van der Waals surface area contributed by atoms with Crippen molar-refractivity contribution >= 4 is 23.1 Å². The SMILES string of the molecule is CCC(NC(=O)c1cc(C)c(C)s1)C(N)=NO. The third kappa shape index (κ3) is 3.20. The van der Waals surface area contributed by atoms with Crippen LogP contribution in [0.3, 0.4) is 0 Å². The molecule has 0 saturated heterocycles. The number of carbonyl (C=O) groups is 1. The first kappa shape index (κ1) is 13.5. The maximum atomic E-state index is 11.9. The van der Waals surface area contributed by atoms with Crippen molar-refractivity contribution in [1.29, 1.82) is 0 Å². The zero-order valence-electron chi connectivity index (χ0n) is 10.2. The van der Waals surface area contributed by atoms with E-state index in [2.05, 4.69) is 10.5 Å². The van der Waals surface area contributed by atoms with Crippen molar-refractivity contribution in [2.45, 2.75) is 33.2 Å². The first-order chi connectivity index (χ1) is 7.99. The molecule has 0 radical (unpaired) electrons. The molecule has 94 valence electrons. The molecule has 4 N–H and O–H groups in total. The van der Waals surface area contributed by atoms with Crippen molar-refractivity contribution < 1.29 is 10.0 Å². The van der Waals surface area contributed by atoms with Gasteiger partial charge >= 0.3 is 0 Å². The number of aryl methyl sites for hydroxylation is 2. The summed E-state index contributed by atoms with van der Waals surface area (Å²) in [6.45, 7) is 5.79. The summed E-state index contributed by atoms with van der Waals surface area (Å²) in [4.78, 5) is 13.7. The second kappa shape index (κ2) is 5.67. The second-order valence-corrected chi connectivity index (χ2v) is 5.07. The van der Waals surface area contributed by atoms with Crippen molar-refractivity contribution in [2.24, 2.45) is 10.9 Å². The Labute approximate surface area is 104 Å². The molecule has 1 amide bonds. The zero-order chi connectivity index (χ0) is 13.0. The zero-order valence-corrected chi connectivity index (χ0v) is 11.0. The summed E-state index contributed by atoms with van der Waals surface area (Å²) >= 11 is 1.44. The molecule has 1 aromatic heterocycles. The largest absolute Gasteiger partial charge is 0.409 e. The summed E-state index contributed by atoms with van der Waals surface area (Å²) in [7, 11) is 0. The molecule has 0 aliphatic heterocycles. The van der Waals surface area contributed by atoms with Crippen LogP contribution in [0, 0.1) is 13.8 Å². The topological polar surface area (TPSA) is 87.7 Å². The van der Waals surface area contributed by atoms with Crippen LogP contribution in [0.5, 0.6) is 0 Å². The number of nitrogens with two attached hydrogens (primary N) is 1. The van der Waals surface area contributed by atoms with Gasteiger partial charge in [-0.25, -0.2) is 0 Å². The third-order valence-corrected chi connectivity index (χ3v) is 3.73. The maximum Gasteiger partial charge on any atom is 0.261 e. The van der Waals surface area contributed by atoms with Gasteiger partial charge in [0.05, 0.1) is 10.9 Å². The fraction of sp³-hybridized carbons (Fsp3) is 0.455. The minimum Gasteiger partial charge on any atom is -0.409 e. The Bertz CT molecular complexity index is 420. The molecule has 6 heteroatoms. The summed E-state index contributed by atoms with van der Waals surface area (Å²) in [5, 5.41) is 14.2. The van der Waals surface area contributed by atoms with E-state index in [0.717, 1.165) is 10.4 Å². The van der Waals surface area contributed by atoms with Gasteiger partial charge in [-0.1, -0.05) is 12.1 Å². The van der Waals surface area contributed by atoms with Crippen LogP contribution in [0.1, 0.15) is 33.5 Å². The molecule has 1 atom stereocenters. The monoisotopic (exact) mass is 255 g/mol. The van der Waals surface area contributed by atoms with Gasteiger partial charge in [0.25, 0.3) is 5.91 Å². The number of amides is 1. The van der Waals surface area contributed by atoms with Gasteiger partial charge in [-0.15, -0.1) is 11.3 Å². The van der Waals surface area contributed by atoms with Gasteiger partial charge in [0.2, 0.25) is 0 Å². The van der Waals surface area contributed by atoms with Gasteiger partial charge in [-0.3, -0.25) is 4.79 Å². The van der Waals surface area contributed by atoms with Crippen LogP contribution in [0.25, 0.3) is 0 Å². The van der Waals surface area contributed by atoms with Crippen LogP contribution in [-0.2, 0) is 0 Å². The molecule has 1 rings (SSSR count). The van der Waals surface area contributed by atoms with Crippen LogP contribution in [0.15, 0.2) is 11.2 Å².